The molecule has 3 amide bonds. The van der Waals surface area contributed by atoms with E-state index in [1.54, 1.807) is 6.20 Å². The molecule has 1 aliphatic rings. The molecule has 0 bridgehead atoms. The van der Waals surface area contributed by atoms with Gasteiger partial charge in [-0.05, 0) is 25.8 Å². The molecule has 2 heterocycles. The van der Waals surface area contributed by atoms with Crippen molar-refractivity contribution in [3.63, 3.8) is 0 Å². The van der Waals surface area contributed by atoms with Crippen LogP contribution in [0.3, 0.4) is 0 Å². The van der Waals surface area contributed by atoms with Gasteiger partial charge in [0.1, 0.15) is 12.1 Å². The van der Waals surface area contributed by atoms with Crippen LogP contribution >= 0.6 is 0 Å². The molecule has 0 saturated carbocycles. The Kier molecular flexibility index (Phi) is 6.10. The van der Waals surface area contributed by atoms with E-state index in [1.165, 1.54) is 6.33 Å². The maximum absolute atomic E-state index is 12.4. The second-order valence-corrected chi connectivity index (χ2v) is 5.46. The van der Waals surface area contributed by atoms with Crippen molar-refractivity contribution in [2.24, 2.45) is 5.73 Å². The van der Waals surface area contributed by atoms with Crippen molar-refractivity contribution in [2.75, 3.05) is 13.1 Å². The molecule has 9 nitrogen and oxygen atoms in total. The number of amides is 3. The van der Waals surface area contributed by atoms with Crippen molar-refractivity contribution in [3.05, 3.63) is 18.2 Å². The smallest absolute Gasteiger partial charge is 0.243 e. The molecule has 0 spiro atoms. The average molecular weight is 322 g/mol. The standard InChI is InChI=1S/C14H22N6O3/c15-4-2-1-3-10-13(22)17-7-12(21)19-11(14(23)20-10)5-9-6-16-8-18-9/h6,8,10-11H,1-5,7,15H2,(H,16,18)(H,17,22)(H,19,21)(H,20,23)/t10-,11-/m0/s1. The summed E-state index contributed by atoms with van der Waals surface area (Å²) < 4.78 is 0. The molecule has 0 aliphatic carbocycles. The van der Waals surface area contributed by atoms with Crippen LogP contribution in [0.4, 0.5) is 0 Å². The van der Waals surface area contributed by atoms with Crippen LogP contribution in [0.15, 0.2) is 12.5 Å². The van der Waals surface area contributed by atoms with Crippen LogP contribution < -0.4 is 21.7 Å². The van der Waals surface area contributed by atoms with Gasteiger partial charge in [-0.25, -0.2) is 4.98 Å². The van der Waals surface area contributed by atoms with Gasteiger partial charge in [0, 0.05) is 18.3 Å². The Morgan fingerprint density at radius 2 is 1.96 bits per heavy atom. The van der Waals surface area contributed by atoms with Gasteiger partial charge in [-0.1, -0.05) is 0 Å². The number of rotatable bonds is 6. The molecule has 1 aromatic rings. The third kappa shape index (κ3) is 5.06. The van der Waals surface area contributed by atoms with Gasteiger partial charge in [-0.3, -0.25) is 14.4 Å². The number of aromatic nitrogens is 2. The zero-order chi connectivity index (χ0) is 16.7. The summed E-state index contributed by atoms with van der Waals surface area (Å²) in [6, 6.07) is -1.42. The Morgan fingerprint density at radius 1 is 1.13 bits per heavy atom. The summed E-state index contributed by atoms with van der Waals surface area (Å²) >= 11 is 0. The monoisotopic (exact) mass is 322 g/mol. The number of H-pyrrole nitrogens is 1. The third-order valence-electron chi connectivity index (χ3n) is 3.63. The minimum atomic E-state index is -0.757. The molecule has 0 unspecified atom stereocenters. The van der Waals surface area contributed by atoms with Gasteiger partial charge >= 0.3 is 0 Å². The van der Waals surface area contributed by atoms with Gasteiger partial charge in [0.25, 0.3) is 0 Å². The first-order valence-electron chi connectivity index (χ1n) is 7.65. The first-order chi connectivity index (χ1) is 11.1. The van der Waals surface area contributed by atoms with Gasteiger partial charge in [-0.15, -0.1) is 0 Å². The second-order valence-electron chi connectivity index (χ2n) is 5.46. The lowest BCUT2D eigenvalue weighted by atomic mass is 10.1. The van der Waals surface area contributed by atoms with Crippen molar-refractivity contribution in [3.8, 4) is 0 Å². The number of hydrogen-bond donors (Lipinski definition) is 5. The number of carbonyl (C=O) groups is 3. The van der Waals surface area contributed by atoms with E-state index in [2.05, 4.69) is 25.9 Å². The highest BCUT2D eigenvalue weighted by Gasteiger charge is 2.29. The third-order valence-corrected chi connectivity index (χ3v) is 3.63. The molecule has 23 heavy (non-hydrogen) atoms. The highest BCUT2D eigenvalue weighted by Crippen LogP contribution is 2.05. The molecular weight excluding hydrogens is 300 g/mol. The zero-order valence-electron chi connectivity index (χ0n) is 12.8. The molecule has 1 aliphatic heterocycles. The predicted octanol–water partition coefficient (Wildman–Crippen LogP) is -1.82. The van der Waals surface area contributed by atoms with Gasteiger partial charge < -0.3 is 26.7 Å². The topological polar surface area (TPSA) is 142 Å². The summed E-state index contributed by atoms with van der Waals surface area (Å²) in [6.45, 7) is 0.380. The quantitative estimate of drug-likeness (QED) is 0.392. The normalized spacial score (nSPS) is 22.4. The van der Waals surface area contributed by atoms with E-state index >= 15 is 0 Å². The number of aromatic amines is 1. The van der Waals surface area contributed by atoms with Gasteiger partial charge in [-0.2, -0.15) is 0 Å². The van der Waals surface area contributed by atoms with E-state index in [0.29, 0.717) is 13.0 Å². The maximum Gasteiger partial charge on any atom is 0.243 e. The Labute approximate surface area is 133 Å². The predicted molar refractivity (Wildman–Crippen MR) is 82.1 cm³/mol. The summed E-state index contributed by atoms with van der Waals surface area (Å²) in [5.74, 6) is -1.14. The van der Waals surface area contributed by atoms with Crippen LogP contribution in [0.25, 0.3) is 0 Å². The summed E-state index contributed by atoms with van der Waals surface area (Å²) in [5.41, 5.74) is 6.18. The van der Waals surface area contributed by atoms with E-state index < -0.39 is 18.0 Å². The molecule has 9 heteroatoms. The first kappa shape index (κ1) is 16.9. The number of hydrogen-bond acceptors (Lipinski definition) is 5. The fourth-order valence-electron chi connectivity index (χ4n) is 2.40. The van der Waals surface area contributed by atoms with Crippen LogP contribution in [0.1, 0.15) is 25.0 Å². The van der Waals surface area contributed by atoms with Gasteiger partial charge in [0.2, 0.25) is 17.7 Å². The summed E-state index contributed by atoms with van der Waals surface area (Å²) in [7, 11) is 0. The van der Waals surface area contributed by atoms with E-state index in [0.717, 1.165) is 18.5 Å². The number of carbonyl (C=O) groups excluding carboxylic acids is 3. The van der Waals surface area contributed by atoms with E-state index in [9.17, 15) is 14.4 Å². The molecule has 1 aromatic heterocycles. The van der Waals surface area contributed by atoms with Crippen LogP contribution in [-0.4, -0.2) is 52.9 Å². The van der Waals surface area contributed by atoms with Crippen LogP contribution in [0, 0.1) is 0 Å². The zero-order valence-corrected chi connectivity index (χ0v) is 12.8. The summed E-state index contributed by atoms with van der Waals surface area (Å²) in [5, 5.41) is 7.87. The fraction of sp³-hybridized carbons (Fsp3) is 0.571. The largest absolute Gasteiger partial charge is 0.348 e. The average Bonchev–Trinajstić information content (AvgIpc) is 3.04. The second kappa shape index (κ2) is 8.28. The molecular formula is C14H22N6O3. The van der Waals surface area contributed by atoms with E-state index in [4.69, 9.17) is 5.73 Å². The lowest BCUT2D eigenvalue weighted by molar-refractivity contribution is -0.129. The Balaban J connectivity index is 2.07. The number of nitrogens with one attached hydrogen (secondary N) is 4. The van der Waals surface area contributed by atoms with Gasteiger partial charge in [0.05, 0.1) is 12.9 Å². The van der Waals surface area contributed by atoms with Crippen molar-refractivity contribution < 1.29 is 14.4 Å². The highest BCUT2D eigenvalue weighted by molar-refractivity contribution is 5.95. The van der Waals surface area contributed by atoms with E-state index in [1.807, 2.05) is 0 Å². The molecule has 126 valence electrons. The van der Waals surface area contributed by atoms with Crippen molar-refractivity contribution in [2.45, 2.75) is 37.8 Å². The molecule has 2 atom stereocenters. The van der Waals surface area contributed by atoms with Crippen LogP contribution in [-0.2, 0) is 20.8 Å². The molecule has 1 saturated heterocycles. The highest BCUT2D eigenvalue weighted by atomic mass is 16.2. The summed E-state index contributed by atoms with van der Waals surface area (Å²) in [6.07, 6.45) is 5.36. The number of unbranched alkanes of at least 4 members (excludes halogenated alkanes) is 1. The van der Waals surface area contributed by atoms with Gasteiger partial charge in [0.15, 0.2) is 0 Å². The Hall–Kier alpha value is -2.42. The lowest BCUT2D eigenvalue weighted by Gasteiger charge is -2.20. The molecule has 1 fully saturated rings. The molecule has 6 N–H and O–H groups in total. The number of nitrogens with two attached hydrogens (primary N) is 1. The number of nitrogens with zero attached hydrogens (tertiary/aromatic N) is 1. The summed E-state index contributed by atoms with van der Waals surface area (Å²) in [4.78, 5) is 43.1. The SMILES string of the molecule is NCCCC[C@@H]1NC(=O)[C@H](Cc2cnc[nH]2)NC(=O)CNC1=O. The molecule has 2 rings (SSSR count). The minimum absolute atomic E-state index is 0.152. The number of imidazole rings is 1. The molecule has 0 radical (unpaired) electrons. The lowest BCUT2D eigenvalue weighted by Crippen LogP contribution is -2.51. The Morgan fingerprint density at radius 3 is 2.65 bits per heavy atom. The van der Waals surface area contributed by atoms with Crippen molar-refractivity contribution in [1.82, 2.24) is 25.9 Å². The van der Waals surface area contributed by atoms with E-state index in [-0.39, 0.29) is 24.8 Å². The maximum atomic E-state index is 12.4. The van der Waals surface area contributed by atoms with Crippen LogP contribution in [0.2, 0.25) is 0 Å². The Bertz CT molecular complexity index is 545. The molecule has 0 aromatic carbocycles. The van der Waals surface area contributed by atoms with Crippen LogP contribution in [0.5, 0.6) is 0 Å². The fourth-order valence-corrected chi connectivity index (χ4v) is 2.40. The van der Waals surface area contributed by atoms with Crippen molar-refractivity contribution in [1.29, 1.82) is 0 Å². The minimum Gasteiger partial charge on any atom is -0.348 e. The van der Waals surface area contributed by atoms with Crippen molar-refractivity contribution >= 4 is 17.7 Å². The first-order valence-corrected chi connectivity index (χ1v) is 7.65.